The highest BCUT2D eigenvalue weighted by atomic mass is 35.5. The molecule has 1 N–H and O–H groups in total. The van der Waals surface area contributed by atoms with Crippen molar-refractivity contribution in [3.8, 4) is 5.75 Å². The van der Waals surface area contributed by atoms with Crippen molar-refractivity contribution >= 4 is 38.9 Å². The quantitative estimate of drug-likeness (QED) is 0.812. The number of amides is 1. The summed E-state index contributed by atoms with van der Waals surface area (Å²) in [6.45, 7) is 3.27. The second-order valence-corrected chi connectivity index (χ2v) is 8.30. The van der Waals surface area contributed by atoms with Gasteiger partial charge in [0.25, 0.3) is 0 Å². The molecule has 0 heterocycles. The Balaban J connectivity index is 2.34. The van der Waals surface area contributed by atoms with Gasteiger partial charge in [-0.25, -0.2) is 8.42 Å². The molecule has 0 aromatic heterocycles. The molecule has 1 amide bonds. The Morgan fingerprint density at radius 2 is 1.88 bits per heavy atom. The number of sulfonamides is 1. The first kappa shape index (κ1) is 20.1. The summed E-state index contributed by atoms with van der Waals surface area (Å²) >= 11 is 5.96. The SMILES string of the molecule is COc1ccc(C)cc1N(CC(=O)Nc1cc(Cl)ccc1C)S(C)(=O)=O. The predicted octanol–water partition coefficient (Wildman–Crippen LogP) is 3.37. The van der Waals surface area contributed by atoms with Gasteiger partial charge in [0.1, 0.15) is 12.3 Å². The number of benzene rings is 2. The number of halogens is 1. The number of hydrogen-bond acceptors (Lipinski definition) is 4. The van der Waals surface area contributed by atoms with E-state index >= 15 is 0 Å². The number of carbonyl (C=O) groups is 1. The second-order valence-electron chi connectivity index (χ2n) is 5.95. The molecule has 26 heavy (non-hydrogen) atoms. The molecule has 0 aliphatic carbocycles. The van der Waals surface area contributed by atoms with Gasteiger partial charge < -0.3 is 10.1 Å². The number of nitrogens with zero attached hydrogens (tertiary/aromatic N) is 1. The van der Waals surface area contributed by atoms with Crippen LogP contribution < -0.4 is 14.4 Å². The van der Waals surface area contributed by atoms with E-state index in [4.69, 9.17) is 16.3 Å². The van der Waals surface area contributed by atoms with Crippen LogP contribution in [0.3, 0.4) is 0 Å². The van der Waals surface area contributed by atoms with E-state index in [1.807, 2.05) is 13.8 Å². The van der Waals surface area contributed by atoms with E-state index in [0.29, 0.717) is 22.1 Å². The summed E-state index contributed by atoms with van der Waals surface area (Å²) in [4.78, 5) is 12.5. The van der Waals surface area contributed by atoms with Crippen LogP contribution in [0.5, 0.6) is 5.75 Å². The van der Waals surface area contributed by atoms with Crippen molar-refractivity contribution in [3.63, 3.8) is 0 Å². The lowest BCUT2D eigenvalue weighted by atomic mass is 10.2. The summed E-state index contributed by atoms with van der Waals surface area (Å²) in [5.74, 6) is -0.114. The highest BCUT2D eigenvalue weighted by molar-refractivity contribution is 7.92. The number of anilines is 2. The molecule has 0 atom stereocenters. The summed E-state index contributed by atoms with van der Waals surface area (Å²) in [5.41, 5.74) is 2.52. The molecular weight excluding hydrogens is 376 g/mol. The van der Waals surface area contributed by atoms with Gasteiger partial charge in [0.15, 0.2) is 0 Å². The Hall–Kier alpha value is -2.25. The molecule has 2 rings (SSSR count). The number of methoxy groups -OCH3 is 1. The van der Waals surface area contributed by atoms with Crippen LogP contribution in [0, 0.1) is 13.8 Å². The largest absolute Gasteiger partial charge is 0.495 e. The number of nitrogens with one attached hydrogen (secondary N) is 1. The number of rotatable bonds is 6. The van der Waals surface area contributed by atoms with Crippen LogP contribution >= 0.6 is 11.6 Å². The Morgan fingerprint density at radius 3 is 2.50 bits per heavy atom. The van der Waals surface area contributed by atoms with Crippen molar-refractivity contribution in [1.82, 2.24) is 0 Å². The number of hydrogen-bond donors (Lipinski definition) is 1. The first-order valence-electron chi connectivity index (χ1n) is 7.80. The third-order valence-electron chi connectivity index (χ3n) is 3.76. The number of carbonyl (C=O) groups excluding carboxylic acids is 1. The van der Waals surface area contributed by atoms with E-state index in [-0.39, 0.29) is 6.54 Å². The van der Waals surface area contributed by atoms with E-state index in [0.717, 1.165) is 21.7 Å². The summed E-state index contributed by atoms with van der Waals surface area (Å²) in [7, 11) is -2.26. The maximum absolute atomic E-state index is 12.5. The molecule has 2 aromatic carbocycles. The third-order valence-corrected chi connectivity index (χ3v) is 5.13. The predicted molar refractivity (Wildman–Crippen MR) is 105 cm³/mol. The van der Waals surface area contributed by atoms with Gasteiger partial charge in [-0.1, -0.05) is 23.7 Å². The van der Waals surface area contributed by atoms with E-state index in [1.54, 1.807) is 36.4 Å². The van der Waals surface area contributed by atoms with Crippen molar-refractivity contribution in [2.75, 3.05) is 29.5 Å². The average molecular weight is 397 g/mol. The Bertz CT molecular complexity index is 929. The maximum atomic E-state index is 12.5. The average Bonchev–Trinajstić information content (AvgIpc) is 2.55. The summed E-state index contributed by atoms with van der Waals surface area (Å²) in [5, 5.41) is 3.18. The minimum Gasteiger partial charge on any atom is -0.495 e. The molecule has 0 saturated carbocycles. The lowest BCUT2D eigenvalue weighted by Crippen LogP contribution is -2.37. The van der Waals surface area contributed by atoms with Gasteiger partial charge in [0.05, 0.1) is 19.1 Å². The monoisotopic (exact) mass is 396 g/mol. The minimum atomic E-state index is -3.71. The zero-order chi connectivity index (χ0) is 19.5. The van der Waals surface area contributed by atoms with E-state index in [2.05, 4.69) is 5.32 Å². The second kappa shape index (κ2) is 7.97. The molecule has 0 unspecified atom stereocenters. The van der Waals surface area contributed by atoms with Crippen molar-refractivity contribution < 1.29 is 17.9 Å². The normalized spacial score (nSPS) is 11.1. The van der Waals surface area contributed by atoms with Crippen LogP contribution in [-0.2, 0) is 14.8 Å². The lowest BCUT2D eigenvalue weighted by molar-refractivity contribution is -0.114. The highest BCUT2D eigenvalue weighted by Crippen LogP contribution is 2.31. The van der Waals surface area contributed by atoms with Gasteiger partial charge in [-0.05, 0) is 49.2 Å². The summed E-state index contributed by atoms with van der Waals surface area (Å²) < 4.78 is 30.9. The maximum Gasteiger partial charge on any atom is 0.245 e. The fourth-order valence-electron chi connectivity index (χ4n) is 2.43. The standard InChI is InChI=1S/C18H21ClN2O4S/c1-12-5-8-17(25-3)16(9-12)21(26(4,23)24)11-18(22)20-15-10-14(19)7-6-13(15)2/h5-10H,11H2,1-4H3,(H,20,22). The van der Waals surface area contributed by atoms with E-state index < -0.39 is 15.9 Å². The van der Waals surface area contributed by atoms with Crippen LogP contribution in [0.1, 0.15) is 11.1 Å². The molecule has 8 heteroatoms. The first-order chi connectivity index (χ1) is 12.1. The van der Waals surface area contributed by atoms with Crippen molar-refractivity contribution in [2.24, 2.45) is 0 Å². The molecule has 6 nitrogen and oxygen atoms in total. The smallest absolute Gasteiger partial charge is 0.245 e. The van der Waals surface area contributed by atoms with Gasteiger partial charge in [-0.15, -0.1) is 0 Å². The Morgan fingerprint density at radius 1 is 1.19 bits per heavy atom. The lowest BCUT2D eigenvalue weighted by Gasteiger charge is -2.24. The Kier molecular flexibility index (Phi) is 6.15. The molecule has 2 aromatic rings. The molecule has 0 bridgehead atoms. The van der Waals surface area contributed by atoms with Gasteiger partial charge in [-0.3, -0.25) is 9.10 Å². The summed E-state index contributed by atoms with van der Waals surface area (Å²) in [6, 6.07) is 10.2. The van der Waals surface area contributed by atoms with Gasteiger partial charge in [-0.2, -0.15) is 0 Å². The topological polar surface area (TPSA) is 75.7 Å². The van der Waals surface area contributed by atoms with Crippen molar-refractivity contribution in [3.05, 3.63) is 52.5 Å². The zero-order valence-electron chi connectivity index (χ0n) is 15.0. The fraction of sp³-hybridized carbons (Fsp3) is 0.278. The van der Waals surface area contributed by atoms with Gasteiger partial charge in [0.2, 0.25) is 15.9 Å². The van der Waals surface area contributed by atoms with Crippen molar-refractivity contribution in [1.29, 1.82) is 0 Å². The van der Waals surface area contributed by atoms with Crippen LogP contribution in [0.25, 0.3) is 0 Å². The fourth-order valence-corrected chi connectivity index (χ4v) is 3.45. The van der Waals surface area contributed by atoms with E-state index in [1.165, 1.54) is 7.11 Å². The molecule has 0 aliphatic heterocycles. The first-order valence-corrected chi connectivity index (χ1v) is 10.0. The highest BCUT2D eigenvalue weighted by Gasteiger charge is 2.24. The third kappa shape index (κ3) is 4.89. The van der Waals surface area contributed by atoms with E-state index in [9.17, 15) is 13.2 Å². The molecule has 0 aliphatic rings. The molecular formula is C18H21ClN2O4S. The van der Waals surface area contributed by atoms with Gasteiger partial charge in [0, 0.05) is 10.7 Å². The van der Waals surface area contributed by atoms with Crippen LogP contribution in [0.4, 0.5) is 11.4 Å². The molecule has 0 radical (unpaired) electrons. The van der Waals surface area contributed by atoms with Crippen LogP contribution in [0.15, 0.2) is 36.4 Å². The minimum absolute atomic E-state index is 0.313. The van der Waals surface area contributed by atoms with Gasteiger partial charge >= 0.3 is 0 Å². The van der Waals surface area contributed by atoms with Crippen LogP contribution in [0.2, 0.25) is 5.02 Å². The molecule has 140 valence electrons. The van der Waals surface area contributed by atoms with Crippen molar-refractivity contribution in [2.45, 2.75) is 13.8 Å². The zero-order valence-corrected chi connectivity index (χ0v) is 16.6. The Labute approximate surface area is 158 Å². The summed E-state index contributed by atoms with van der Waals surface area (Å²) in [6.07, 6.45) is 1.05. The molecule has 0 fully saturated rings. The molecule has 0 saturated heterocycles. The number of aryl methyl sites for hydroxylation is 2. The molecule has 0 spiro atoms. The number of ether oxygens (including phenoxy) is 1. The van der Waals surface area contributed by atoms with Crippen LogP contribution in [-0.4, -0.2) is 34.2 Å².